The van der Waals surface area contributed by atoms with E-state index in [0.717, 1.165) is 30.1 Å². The predicted octanol–water partition coefficient (Wildman–Crippen LogP) is 2.68. The molecule has 0 radical (unpaired) electrons. The summed E-state index contributed by atoms with van der Waals surface area (Å²) >= 11 is 0. The number of nitrogens with two attached hydrogens (primary N) is 1. The van der Waals surface area contributed by atoms with Crippen LogP contribution in [0.2, 0.25) is 0 Å². The van der Waals surface area contributed by atoms with E-state index in [1.165, 1.54) is 31.2 Å². The van der Waals surface area contributed by atoms with Crippen molar-refractivity contribution < 1.29 is 0 Å². The zero-order chi connectivity index (χ0) is 11.8. The molecule has 2 heterocycles. The maximum Gasteiger partial charge on any atom is 0.0346 e. The summed E-state index contributed by atoms with van der Waals surface area (Å²) in [6, 6.07) is 10.0. The molecule has 0 aromatic heterocycles. The second-order valence-corrected chi connectivity index (χ2v) is 5.70. The van der Waals surface area contributed by atoms with Crippen LogP contribution in [-0.4, -0.2) is 24.0 Å². The third-order valence-electron chi connectivity index (χ3n) is 4.85. The van der Waals surface area contributed by atoms with E-state index in [-0.39, 0.29) is 0 Å². The Bertz CT molecular complexity index is 402. The van der Waals surface area contributed by atoms with Crippen molar-refractivity contribution in [2.45, 2.75) is 44.2 Å². The van der Waals surface area contributed by atoms with Crippen molar-refractivity contribution in [1.29, 1.82) is 0 Å². The normalized spacial score (nSPS) is 32.9. The molecule has 1 aromatic carbocycles. The molecule has 2 fully saturated rings. The highest BCUT2D eigenvalue weighted by Gasteiger charge is 2.39. The molecule has 3 rings (SSSR count). The topological polar surface area (TPSA) is 29.3 Å². The summed E-state index contributed by atoms with van der Waals surface area (Å²) in [5, 5.41) is 0. The fourth-order valence-corrected chi connectivity index (χ4v) is 3.80. The molecule has 2 bridgehead atoms. The Morgan fingerprint density at radius 1 is 1.18 bits per heavy atom. The van der Waals surface area contributed by atoms with E-state index >= 15 is 0 Å². The van der Waals surface area contributed by atoms with Gasteiger partial charge in [0.15, 0.2) is 0 Å². The van der Waals surface area contributed by atoms with Crippen molar-refractivity contribution in [3.8, 4) is 0 Å². The van der Waals surface area contributed by atoms with Crippen LogP contribution in [0, 0.1) is 5.92 Å². The molecule has 17 heavy (non-hydrogen) atoms. The summed E-state index contributed by atoms with van der Waals surface area (Å²) in [7, 11) is 2.31. The van der Waals surface area contributed by atoms with Crippen molar-refractivity contribution >= 4 is 5.69 Å². The first-order valence-electron chi connectivity index (χ1n) is 6.81. The molecule has 0 saturated carbocycles. The van der Waals surface area contributed by atoms with E-state index < -0.39 is 0 Å². The summed E-state index contributed by atoms with van der Waals surface area (Å²) in [6.07, 6.45) is 6.72. The molecule has 2 aliphatic rings. The Kier molecular flexibility index (Phi) is 2.83. The lowest BCUT2D eigenvalue weighted by atomic mass is 9.85. The third kappa shape index (κ3) is 1.95. The Hall–Kier alpha value is -1.02. The smallest absolute Gasteiger partial charge is 0.0346 e. The van der Waals surface area contributed by atoms with Gasteiger partial charge in [0.25, 0.3) is 0 Å². The van der Waals surface area contributed by atoms with Gasteiger partial charge in [0, 0.05) is 17.8 Å². The quantitative estimate of drug-likeness (QED) is 0.791. The number of hydrogen-bond acceptors (Lipinski definition) is 2. The average molecular weight is 230 g/mol. The van der Waals surface area contributed by atoms with Gasteiger partial charge in [-0.15, -0.1) is 0 Å². The summed E-state index contributed by atoms with van der Waals surface area (Å²) in [5.74, 6) is 0.809. The van der Waals surface area contributed by atoms with Crippen LogP contribution in [0.25, 0.3) is 0 Å². The minimum atomic E-state index is 0.799. The van der Waals surface area contributed by atoms with Crippen LogP contribution in [0.3, 0.4) is 0 Å². The lowest BCUT2D eigenvalue weighted by Gasteiger charge is -2.37. The Labute approximate surface area is 104 Å². The molecule has 92 valence electrons. The molecule has 0 spiro atoms. The van der Waals surface area contributed by atoms with Gasteiger partial charge >= 0.3 is 0 Å². The van der Waals surface area contributed by atoms with Crippen LogP contribution in [0.4, 0.5) is 5.69 Å². The van der Waals surface area contributed by atoms with E-state index in [1.54, 1.807) is 0 Å². The van der Waals surface area contributed by atoms with Crippen LogP contribution in [0.15, 0.2) is 24.3 Å². The highest BCUT2D eigenvalue weighted by atomic mass is 15.2. The van der Waals surface area contributed by atoms with Crippen molar-refractivity contribution in [2.24, 2.45) is 5.92 Å². The fraction of sp³-hybridized carbons (Fsp3) is 0.600. The molecule has 0 amide bonds. The number of benzene rings is 1. The van der Waals surface area contributed by atoms with Gasteiger partial charge in [0.1, 0.15) is 0 Å². The first kappa shape index (κ1) is 11.1. The molecular weight excluding hydrogens is 208 g/mol. The van der Waals surface area contributed by atoms with Gasteiger partial charge in [0.05, 0.1) is 0 Å². The molecule has 2 saturated heterocycles. The number of nitrogen functional groups attached to an aromatic ring is 1. The maximum absolute atomic E-state index is 6.06. The predicted molar refractivity (Wildman–Crippen MR) is 71.9 cm³/mol. The van der Waals surface area contributed by atoms with Crippen molar-refractivity contribution in [3.63, 3.8) is 0 Å². The van der Waals surface area contributed by atoms with E-state index in [2.05, 4.69) is 24.1 Å². The second-order valence-electron chi connectivity index (χ2n) is 5.70. The number of piperidine rings is 1. The Morgan fingerprint density at radius 2 is 1.94 bits per heavy atom. The van der Waals surface area contributed by atoms with Crippen molar-refractivity contribution in [2.75, 3.05) is 12.8 Å². The van der Waals surface area contributed by atoms with Crippen molar-refractivity contribution in [3.05, 3.63) is 29.8 Å². The summed E-state index contributed by atoms with van der Waals surface area (Å²) in [5.41, 5.74) is 8.37. The average Bonchev–Trinajstić information content (AvgIpc) is 2.57. The third-order valence-corrected chi connectivity index (χ3v) is 4.85. The molecule has 2 heteroatoms. The number of para-hydroxylation sites is 1. The Balaban J connectivity index is 1.75. The molecule has 1 aromatic rings. The molecule has 2 nitrogen and oxygen atoms in total. The van der Waals surface area contributed by atoms with E-state index in [1.807, 2.05) is 12.1 Å². The minimum Gasteiger partial charge on any atom is -0.399 e. The summed E-state index contributed by atoms with van der Waals surface area (Å²) in [6.45, 7) is 0. The van der Waals surface area contributed by atoms with Gasteiger partial charge in [-0.05, 0) is 56.7 Å². The monoisotopic (exact) mass is 230 g/mol. The van der Waals surface area contributed by atoms with Crippen LogP contribution in [0.1, 0.15) is 31.2 Å². The van der Waals surface area contributed by atoms with Gasteiger partial charge in [-0.25, -0.2) is 0 Å². The fourth-order valence-electron chi connectivity index (χ4n) is 3.80. The lowest BCUT2D eigenvalue weighted by molar-refractivity contribution is 0.120. The molecule has 0 unspecified atom stereocenters. The van der Waals surface area contributed by atoms with Gasteiger partial charge in [0.2, 0.25) is 0 Å². The van der Waals surface area contributed by atoms with Crippen LogP contribution in [0.5, 0.6) is 0 Å². The highest BCUT2D eigenvalue weighted by molar-refractivity contribution is 5.46. The number of fused-ring (bicyclic) bond motifs is 2. The minimum absolute atomic E-state index is 0.799. The summed E-state index contributed by atoms with van der Waals surface area (Å²) in [4.78, 5) is 2.62. The SMILES string of the molecule is CN1[C@H]2CC[C@@H](Cc3ccccc3N)[C@H]1CC2. The van der Waals surface area contributed by atoms with Crippen LogP contribution in [-0.2, 0) is 6.42 Å². The lowest BCUT2D eigenvalue weighted by Crippen LogP contribution is -2.42. The van der Waals surface area contributed by atoms with Crippen LogP contribution >= 0.6 is 0 Å². The van der Waals surface area contributed by atoms with E-state index in [0.29, 0.717) is 0 Å². The Morgan fingerprint density at radius 3 is 2.76 bits per heavy atom. The number of nitrogens with zero attached hydrogens (tertiary/aromatic N) is 1. The molecular formula is C15H22N2. The van der Waals surface area contributed by atoms with Crippen molar-refractivity contribution in [1.82, 2.24) is 4.90 Å². The van der Waals surface area contributed by atoms with Gasteiger partial charge in [-0.1, -0.05) is 18.2 Å². The van der Waals surface area contributed by atoms with E-state index in [9.17, 15) is 0 Å². The van der Waals surface area contributed by atoms with Gasteiger partial charge in [-0.2, -0.15) is 0 Å². The number of hydrogen-bond donors (Lipinski definition) is 1. The second kappa shape index (κ2) is 4.34. The molecule has 0 aliphatic carbocycles. The van der Waals surface area contributed by atoms with Gasteiger partial charge in [-0.3, -0.25) is 0 Å². The highest BCUT2D eigenvalue weighted by Crippen LogP contribution is 2.39. The first-order valence-corrected chi connectivity index (χ1v) is 6.81. The van der Waals surface area contributed by atoms with Crippen LogP contribution < -0.4 is 5.73 Å². The molecule has 2 aliphatic heterocycles. The number of rotatable bonds is 2. The summed E-state index contributed by atoms with van der Waals surface area (Å²) < 4.78 is 0. The zero-order valence-corrected chi connectivity index (χ0v) is 10.6. The standard InChI is InChI=1S/C15H22N2/c1-17-13-7-6-12(15(17)9-8-13)10-11-4-2-3-5-14(11)16/h2-5,12-13,15H,6-10,16H2,1H3/t12-,13-,15+/m0/s1. The maximum atomic E-state index is 6.06. The van der Waals surface area contributed by atoms with Gasteiger partial charge < -0.3 is 10.6 Å². The first-order chi connectivity index (χ1) is 8.25. The zero-order valence-electron chi connectivity index (χ0n) is 10.6. The molecule has 3 atom stereocenters. The molecule has 2 N–H and O–H groups in total. The largest absolute Gasteiger partial charge is 0.399 e. The number of anilines is 1. The van der Waals surface area contributed by atoms with E-state index in [4.69, 9.17) is 5.73 Å².